The molecule has 2 heterocycles. The first-order valence-electron chi connectivity index (χ1n) is 13.9. The van der Waals surface area contributed by atoms with Crippen LogP contribution < -0.4 is 9.47 Å². The van der Waals surface area contributed by atoms with E-state index in [-0.39, 0.29) is 6.09 Å². The number of nitrogens with zero attached hydrogens (tertiary/aromatic N) is 4. The predicted molar refractivity (Wildman–Crippen MR) is 150 cm³/mol. The second-order valence-corrected chi connectivity index (χ2v) is 11.1. The van der Waals surface area contributed by atoms with E-state index in [9.17, 15) is 4.79 Å². The predicted octanol–water partition coefficient (Wildman–Crippen LogP) is 3.81. The maximum absolute atomic E-state index is 12.3. The Morgan fingerprint density at radius 1 is 0.711 bits per heavy atom. The Labute approximate surface area is 228 Å². The summed E-state index contributed by atoms with van der Waals surface area (Å²) in [6.07, 6.45) is -0.193. The van der Waals surface area contributed by atoms with E-state index in [2.05, 4.69) is 26.8 Å². The standard InChI is InChI=1S/C30H44N4O4/c1-30(2,3)38-29(35)34-20-18-32(19-21-34)13-12-31-14-16-33(17-15-31)22-23-36-27-10-7-11-28(24-27)37-25-26-8-5-4-6-9-26/h4-11,24H,12-23,25H2,1-3H3. The summed E-state index contributed by atoms with van der Waals surface area (Å²) in [6.45, 7) is 17.6. The number of rotatable bonds is 10. The van der Waals surface area contributed by atoms with Gasteiger partial charge in [0, 0.05) is 78.1 Å². The maximum Gasteiger partial charge on any atom is 0.410 e. The summed E-state index contributed by atoms with van der Waals surface area (Å²) >= 11 is 0. The summed E-state index contributed by atoms with van der Waals surface area (Å²) in [5.41, 5.74) is 0.712. The van der Waals surface area contributed by atoms with Crippen LogP contribution in [0, 0.1) is 0 Å². The van der Waals surface area contributed by atoms with Gasteiger partial charge in [-0.25, -0.2) is 4.79 Å². The summed E-state index contributed by atoms with van der Waals surface area (Å²) < 4.78 is 17.4. The van der Waals surface area contributed by atoms with Gasteiger partial charge in [0.1, 0.15) is 30.3 Å². The third-order valence-corrected chi connectivity index (χ3v) is 6.95. The van der Waals surface area contributed by atoms with Crippen LogP contribution in [0.3, 0.4) is 0 Å². The third-order valence-electron chi connectivity index (χ3n) is 6.95. The molecule has 0 aliphatic carbocycles. The Hall–Kier alpha value is -2.81. The molecule has 0 N–H and O–H groups in total. The Morgan fingerprint density at radius 3 is 1.87 bits per heavy atom. The first-order valence-corrected chi connectivity index (χ1v) is 13.9. The summed E-state index contributed by atoms with van der Waals surface area (Å²) in [4.78, 5) is 21.6. The topological polar surface area (TPSA) is 57.7 Å². The molecule has 0 unspecified atom stereocenters. The fraction of sp³-hybridized carbons (Fsp3) is 0.567. The number of amides is 1. The first kappa shape index (κ1) is 28.2. The molecule has 0 saturated carbocycles. The van der Waals surface area contributed by atoms with Gasteiger partial charge in [0.25, 0.3) is 0 Å². The minimum atomic E-state index is -0.439. The molecule has 0 bridgehead atoms. The number of carbonyl (C=O) groups is 1. The van der Waals surface area contributed by atoms with Gasteiger partial charge in [0.2, 0.25) is 0 Å². The third kappa shape index (κ3) is 9.49. The molecule has 2 aliphatic rings. The number of ether oxygens (including phenoxy) is 3. The lowest BCUT2D eigenvalue weighted by molar-refractivity contribution is 0.0133. The number of benzene rings is 2. The van der Waals surface area contributed by atoms with E-state index < -0.39 is 5.60 Å². The van der Waals surface area contributed by atoms with Gasteiger partial charge >= 0.3 is 6.09 Å². The molecule has 2 aromatic carbocycles. The van der Waals surface area contributed by atoms with Crippen LogP contribution in [-0.4, -0.2) is 110 Å². The van der Waals surface area contributed by atoms with Crippen molar-refractivity contribution in [2.45, 2.75) is 33.0 Å². The Morgan fingerprint density at radius 2 is 1.26 bits per heavy atom. The summed E-state index contributed by atoms with van der Waals surface area (Å²) in [7, 11) is 0. The normalized spacial score (nSPS) is 17.8. The van der Waals surface area contributed by atoms with Gasteiger partial charge in [-0.15, -0.1) is 0 Å². The van der Waals surface area contributed by atoms with Gasteiger partial charge in [-0.2, -0.15) is 0 Å². The van der Waals surface area contributed by atoms with Crippen molar-refractivity contribution < 1.29 is 19.0 Å². The highest BCUT2D eigenvalue weighted by atomic mass is 16.6. The Bertz CT molecular complexity index is 981. The van der Waals surface area contributed by atoms with Crippen molar-refractivity contribution in [3.8, 4) is 11.5 Å². The smallest absolute Gasteiger partial charge is 0.410 e. The highest BCUT2D eigenvalue weighted by Gasteiger charge is 2.26. The molecule has 8 nitrogen and oxygen atoms in total. The van der Waals surface area contributed by atoms with E-state index in [1.54, 1.807) is 0 Å². The SMILES string of the molecule is CC(C)(C)OC(=O)N1CCN(CCN2CCN(CCOc3cccc(OCc4ccccc4)c3)CC2)CC1. The van der Waals surface area contributed by atoms with Crippen molar-refractivity contribution >= 4 is 6.09 Å². The van der Waals surface area contributed by atoms with Crippen LogP contribution in [0.25, 0.3) is 0 Å². The van der Waals surface area contributed by atoms with Crippen LogP contribution in [0.5, 0.6) is 11.5 Å². The van der Waals surface area contributed by atoms with Crippen LogP contribution in [0.1, 0.15) is 26.3 Å². The average Bonchev–Trinajstić information content (AvgIpc) is 2.92. The van der Waals surface area contributed by atoms with E-state index in [1.807, 2.05) is 68.1 Å². The molecular weight excluding hydrogens is 480 g/mol. The average molecular weight is 525 g/mol. The van der Waals surface area contributed by atoms with E-state index in [4.69, 9.17) is 14.2 Å². The van der Waals surface area contributed by atoms with Gasteiger partial charge in [-0.05, 0) is 38.5 Å². The van der Waals surface area contributed by atoms with Crippen molar-refractivity contribution in [2.24, 2.45) is 0 Å². The molecule has 0 radical (unpaired) electrons. The van der Waals surface area contributed by atoms with E-state index in [0.717, 1.165) is 89.1 Å². The zero-order valence-corrected chi connectivity index (χ0v) is 23.3. The van der Waals surface area contributed by atoms with Crippen molar-refractivity contribution in [3.63, 3.8) is 0 Å². The fourth-order valence-electron chi connectivity index (χ4n) is 4.69. The molecule has 2 fully saturated rings. The molecule has 0 atom stereocenters. The van der Waals surface area contributed by atoms with Crippen molar-refractivity contribution in [1.82, 2.24) is 19.6 Å². The lowest BCUT2D eigenvalue weighted by atomic mass is 10.2. The van der Waals surface area contributed by atoms with Gasteiger partial charge in [-0.1, -0.05) is 36.4 Å². The largest absolute Gasteiger partial charge is 0.492 e. The minimum absolute atomic E-state index is 0.193. The molecule has 0 aromatic heterocycles. The second-order valence-electron chi connectivity index (χ2n) is 11.1. The van der Waals surface area contributed by atoms with Crippen LogP contribution >= 0.6 is 0 Å². The van der Waals surface area contributed by atoms with E-state index in [0.29, 0.717) is 13.2 Å². The highest BCUT2D eigenvalue weighted by Crippen LogP contribution is 2.20. The molecule has 208 valence electrons. The summed E-state index contributed by atoms with van der Waals surface area (Å²) in [5.74, 6) is 1.67. The molecule has 2 aromatic rings. The van der Waals surface area contributed by atoms with Gasteiger partial charge in [0.15, 0.2) is 0 Å². The molecule has 2 aliphatic heterocycles. The van der Waals surface area contributed by atoms with Crippen molar-refractivity contribution in [2.75, 3.05) is 78.6 Å². The quantitative estimate of drug-likeness (QED) is 0.468. The second kappa shape index (κ2) is 13.8. The molecule has 0 spiro atoms. The van der Waals surface area contributed by atoms with E-state index >= 15 is 0 Å². The van der Waals surface area contributed by atoms with Crippen LogP contribution in [0.4, 0.5) is 4.79 Å². The zero-order chi connectivity index (χ0) is 26.8. The van der Waals surface area contributed by atoms with Crippen molar-refractivity contribution in [3.05, 3.63) is 60.2 Å². The lowest BCUT2D eigenvalue weighted by Crippen LogP contribution is -2.53. The van der Waals surface area contributed by atoms with Crippen LogP contribution in [0.15, 0.2) is 54.6 Å². The zero-order valence-electron chi connectivity index (χ0n) is 23.3. The number of piperazine rings is 2. The summed E-state index contributed by atoms with van der Waals surface area (Å²) in [5, 5.41) is 0. The maximum atomic E-state index is 12.3. The summed E-state index contributed by atoms with van der Waals surface area (Å²) in [6, 6.07) is 18.1. The number of hydrogen-bond acceptors (Lipinski definition) is 7. The molecular formula is C30H44N4O4. The number of hydrogen-bond donors (Lipinski definition) is 0. The lowest BCUT2D eigenvalue weighted by Gasteiger charge is -2.38. The monoisotopic (exact) mass is 524 g/mol. The molecule has 2 saturated heterocycles. The highest BCUT2D eigenvalue weighted by molar-refractivity contribution is 5.68. The Balaban J connectivity index is 1.07. The van der Waals surface area contributed by atoms with Gasteiger partial charge < -0.3 is 19.1 Å². The first-order chi connectivity index (χ1) is 18.3. The van der Waals surface area contributed by atoms with Crippen LogP contribution in [-0.2, 0) is 11.3 Å². The van der Waals surface area contributed by atoms with Crippen LogP contribution in [0.2, 0.25) is 0 Å². The Kier molecular flexibility index (Phi) is 10.3. The fourth-order valence-corrected chi connectivity index (χ4v) is 4.69. The number of carbonyl (C=O) groups excluding carboxylic acids is 1. The van der Waals surface area contributed by atoms with E-state index in [1.165, 1.54) is 0 Å². The molecule has 38 heavy (non-hydrogen) atoms. The molecule has 1 amide bonds. The molecule has 4 rings (SSSR count). The van der Waals surface area contributed by atoms with Gasteiger partial charge in [-0.3, -0.25) is 14.7 Å². The minimum Gasteiger partial charge on any atom is -0.492 e. The molecule has 8 heteroatoms. The van der Waals surface area contributed by atoms with Crippen molar-refractivity contribution in [1.29, 1.82) is 0 Å². The van der Waals surface area contributed by atoms with Gasteiger partial charge in [0.05, 0.1) is 0 Å².